The molecule has 1 aromatic rings. The van der Waals surface area contributed by atoms with Crippen LogP contribution < -0.4 is 5.73 Å². The van der Waals surface area contributed by atoms with E-state index in [4.69, 9.17) is 5.73 Å². The minimum absolute atomic E-state index is 0.00257. The minimum atomic E-state index is 0.00257. The van der Waals surface area contributed by atoms with Gasteiger partial charge in [-0.05, 0) is 53.4 Å². The molecule has 100 valence electrons. The summed E-state index contributed by atoms with van der Waals surface area (Å²) in [5.74, 6) is 1.06. The molecule has 0 fully saturated rings. The van der Waals surface area contributed by atoms with E-state index in [0.29, 0.717) is 15.7 Å². The van der Waals surface area contributed by atoms with E-state index in [9.17, 15) is 4.79 Å². The van der Waals surface area contributed by atoms with Crippen molar-refractivity contribution >= 4 is 39.3 Å². The molecule has 1 rings (SSSR count). The third kappa shape index (κ3) is 3.65. The fourth-order valence-electron chi connectivity index (χ4n) is 1.59. The molecule has 18 heavy (non-hydrogen) atoms. The average Bonchev–Trinajstić information content (AvgIpc) is 2.37. The Morgan fingerprint density at radius 1 is 1.56 bits per heavy atom. The lowest BCUT2D eigenvalue weighted by atomic mass is 10.1. The van der Waals surface area contributed by atoms with Gasteiger partial charge < -0.3 is 10.6 Å². The van der Waals surface area contributed by atoms with Gasteiger partial charge in [-0.1, -0.05) is 6.07 Å². The third-order valence-corrected chi connectivity index (χ3v) is 4.51. The molecule has 2 N–H and O–H groups in total. The summed E-state index contributed by atoms with van der Waals surface area (Å²) in [6.07, 6.45) is 3.06. The van der Waals surface area contributed by atoms with Crippen LogP contribution in [-0.4, -0.2) is 35.9 Å². The molecule has 5 heteroatoms. The number of hydrogen-bond donors (Lipinski definition) is 1. The maximum Gasteiger partial charge on any atom is 0.255 e. The van der Waals surface area contributed by atoms with Gasteiger partial charge >= 0.3 is 0 Å². The number of thioether (sulfide) groups is 1. The zero-order valence-corrected chi connectivity index (χ0v) is 13.3. The molecule has 3 nitrogen and oxygen atoms in total. The van der Waals surface area contributed by atoms with Crippen molar-refractivity contribution in [3.63, 3.8) is 0 Å². The standard InChI is InChI=1S/C13H19BrN2OS/c1-9(7-8-18-3)16(2)13(17)10-5-4-6-11(15)12(10)14/h4-6,9H,7-8,15H2,1-3H3. The van der Waals surface area contributed by atoms with Crippen molar-refractivity contribution in [3.8, 4) is 0 Å². The summed E-state index contributed by atoms with van der Waals surface area (Å²) in [7, 11) is 1.84. The number of hydrogen-bond acceptors (Lipinski definition) is 3. The molecule has 0 aliphatic heterocycles. The summed E-state index contributed by atoms with van der Waals surface area (Å²) in [5.41, 5.74) is 7.00. The number of benzene rings is 1. The molecular formula is C13H19BrN2OS. The Bertz CT molecular complexity index is 425. The zero-order chi connectivity index (χ0) is 13.7. The van der Waals surface area contributed by atoms with Crippen LogP contribution >= 0.6 is 27.7 Å². The van der Waals surface area contributed by atoms with E-state index in [1.165, 1.54) is 0 Å². The van der Waals surface area contributed by atoms with Crippen molar-refractivity contribution in [1.82, 2.24) is 4.90 Å². The first-order valence-electron chi connectivity index (χ1n) is 5.79. The van der Waals surface area contributed by atoms with Crippen molar-refractivity contribution in [1.29, 1.82) is 0 Å². The van der Waals surface area contributed by atoms with E-state index in [1.807, 2.05) is 7.05 Å². The number of halogens is 1. The molecule has 0 radical (unpaired) electrons. The van der Waals surface area contributed by atoms with Crippen LogP contribution in [0.1, 0.15) is 23.7 Å². The van der Waals surface area contributed by atoms with Gasteiger partial charge in [0.25, 0.3) is 5.91 Å². The molecule has 0 spiro atoms. The summed E-state index contributed by atoms with van der Waals surface area (Å²) < 4.78 is 0.680. The summed E-state index contributed by atoms with van der Waals surface area (Å²) in [6, 6.07) is 5.59. The molecule has 1 amide bonds. The van der Waals surface area contributed by atoms with Gasteiger partial charge in [0.2, 0.25) is 0 Å². The zero-order valence-electron chi connectivity index (χ0n) is 10.9. The van der Waals surface area contributed by atoms with Crippen LogP contribution in [0.25, 0.3) is 0 Å². The first kappa shape index (κ1) is 15.4. The highest BCUT2D eigenvalue weighted by Gasteiger charge is 2.19. The molecule has 1 unspecified atom stereocenters. The lowest BCUT2D eigenvalue weighted by Gasteiger charge is -2.25. The van der Waals surface area contributed by atoms with Crippen LogP contribution in [0.3, 0.4) is 0 Å². The molecule has 1 aromatic carbocycles. The van der Waals surface area contributed by atoms with Crippen LogP contribution in [0, 0.1) is 0 Å². The average molecular weight is 331 g/mol. The molecule has 0 heterocycles. The molecule has 0 aliphatic carbocycles. The number of carbonyl (C=O) groups is 1. The molecule has 0 saturated carbocycles. The Morgan fingerprint density at radius 2 is 2.22 bits per heavy atom. The van der Waals surface area contributed by atoms with Gasteiger partial charge in [0, 0.05) is 18.8 Å². The normalized spacial score (nSPS) is 12.2. The van der Waals surface area contributed by atoms with E-state index in [2.05, 4.69) is 29.1 Å². The quantitative estimate of drug-likeness (QED) is 0.843. The summed E-state index contributed by atoms with van der Waals surface area (Å²) in [4.78, 5) is 14.1. The number of amides is 1. The number of anilines is 1. The SMILES string of the molecule is CSCCC(C)N(C)C(=O)c1cccc(N)c1Br. The molecule has 0 saturated heterocycles. The second-order valence-electron chi connectivity index (χ2n) is 4.26. The number of nitrogens with two attached hydrogens (primary N) is 1. The van der Waals surface area contributed by atoms with E-state index in [0.717, 1.165) is 12.2 Å². The van der Waals surface area contributed by atoms with Crippen LogP contribution in [0.4, 0.5) is 5.69 Å². The Balaban J connectivity index is 2.83. The van der Waals surface area contributed by atoms with Crippen molar-refractivity contribution in [3.05, 3.63) is 28.2 Å². The van der Waals surface area contributed by atoms with Crippen LogP contribution in [0.2, 0.25) is 0 Å². The minimum Gasteiger partial charge on any atom is -0.398 e. The number of rotatable bonds is 5. The number of nitrogens with zero attached hydrogens (tertiary/aromatic N) is 1. The van der Waals surface area contributed by atoms with Crippen molar-refractivity contribution < 1.29 is 4.79 Å². The maximum absolute atomic E-state index is 12.4. The fourth-order valence-corrected chi connectivity index (χ4v) is 2.60. The van der Waals surface area contributed by atoms with Gasteiger partial charge in [-0.25, -0.2) is 0 Å². The van der Waals surface area contributed by atoms with Gasteiger partial charge in [-0.2, -0.15) is 11.8 Å². The highest BCUT2D eigenvalue weighted by Crippen LogP contribution is 2.25. The molecular weight excluding hydrogens is 312 g/mol. The third-order valence-electron chi connectivity index (χ3n) is 2.98. The highest BCUT2D eigenvalue weighted by molar-refractivity contribution is 9.10. The van der Waals surface area contributed by atoms with E-state index < -0.39 is 0 Å². The lowest BCUT2D eigenvalue weighted by Crippen LogP contribution is -2.35. The molecule has 0 bridgehead atoms. The molecule has 0 aromatic heterocycles. The molecule has 1 atom stereocenters. The Labute approximate surface area is 121 Å². The second kappa shape index (κ2) is 7.04. The first-order valence-corrected chi connectivity index (χ1v) is 7.97. The first-order chi connectivity index (χ1) is 8.49. The van der Waals surface area contributed by atoms with Gasteiger partial charge in [0.1, 0.15) is 0 Å². The number of carbonyl (C=O) groups excluding carboxylic acids is 1. The lowest BCUT2D eigenvalue weighted by molar-refractivity contribution is 0.0740. The van der Waals surface area contributed by atoms with E-state index in [-0.39, 0.29) is 11.9 Å². The Kier molecular flexibility index (Phi) is 6.02. The highest BCUT2D eigenvalue weighted by atomic mass is 79.9. The van der Waals surface area contributed by atoms with E-state index >= 15 is 0 Å². The largest absolute Gasteiger partial charge is 0.398 e. The predicted octanol–water partition coefficient (Wildman–Crippen LogP) is 3.24. The van der Waals surface area contributed by atoms with Gasteiger partial charge in [-0.15, -0.1) is 0 Å². The topological polar surface area (TPSA) is 46.3 Å². The van der Waals surface area contributed by atoms with Gasteiger partial charge in [-0.3, -0.25) is 4.79 Å². The fraction of sp³-hybridized carbons (Fsp3) is 0.462. The number of nitrogen functional groups attached to an aromatic ring is 1. The predicted molar refractivity (Wildman–Crippen MR) is 83.1 cm³/mol. The smallest absolute Gasteiger partial charge is 0.255 e. The summed E-state index contributed by atoms with van der Waals surface area (Å²) in [6.45, 7) is 2.06. The second-order valence-corrected chi connectivity index (χ2v) is 6.03. The van der Waals surface area contributed by atoms with Crippen molar-refractivity contribution in [2.24, 2.45) is 0 Å². The monoisotopic (exact) mass is 330 g/mol. The van der Waals surface area contributed by atoms with Crippen LogP contribution in [0.5, 0.6) is 0 Å². The van der Waals surface area contributed by atoms with Crippen LogP contribution in [0.15, 0.2) is 22.7 Å². The van der Waals surface area contributed by atoms with E-state index in [1.54, 1.807) is 34.9 Å². The van der Waals surface area contributed by atoms with Gasteiger partial charge in [0.15, 0.2) is 0 Å². The summed E-state index contributed by atoms with van der Waals surface area (Å²) in [5, 5.41) is 0. The van der Waals surface area contributed by atoms with Crippen LogP contribution in [-0.2, 0) is 0 Å². The van der Waals surface area contributed by atoms with Crippen molar-refractivity contribution in [2.45, 2.75) is 19.4 Å². The summed E-state index contributed by atoms with van der Waals surface area (Å²) >= 11 is 5.17. The Morgan fingerprint density at radius 3 is 2.83 bits per heavy atom. The molecule has 0 aliphatic rings. The maximum atomic E-state index is 12.4. The van der Waals surface area contributed by atoms with Gasteiger partial charge in [0.05, 0.1) is 10.0 Å². The van der Waals surface area contributed by atoms with Crippen molar-refractivity contribution in [2.75, 3.05) is 24.8 Å². The Hall–Kier alpha value is -0.680.